The molecule has 0 radical (unpaired) electrons. The monoisotopic (exact) mass is 326 g/mol. The molecule has 0 N–H and O–H groups in total. The largest absolute Gasteiger partial charge is 0.490 e. The quantitative estimate of drug-likeness (QED) is 0.755. The second kappa shape index (κ2) is 5.53. The van der Waals surface area contributed by atoms with Crippen LogP contribution in [0.1, 0.15) is 15.9 Å². The van der Waals surface area contributed by atoms with Gasteiger partial charge in [0.2, 0.25) is 0 Å². The number of nitrogens with zero attached hydrogens (tertiary/aromatic N) is 2. The van der Waals surface area contributed by atoms with Crippen LogP contribution < -0.4 is 9.64 Å². The molecule has 2 heterocycles. The van der Waals surface area contributed by atoms with E-state index in [9.17, 15) is 22.4 Å². The highest BCUT2D eigenvalue weighted by Crippen LogP contribution is 2.38. The Kier molecular flexibility index (Phi) is 3.67. The fourth-order valence-electron chi connectivity index (χ4n) is 2.29. The van der Waals surface area contributed by atoms with E-state index in [2.05, 4.69) is 4.98 Å². The van der Waals surface area contributed by atoms with Crippen LogP contribution in [0.5, 0.6) is 5.75 Å². The van der Waals surface area contributed by atoms with Crippen molar-refractivity contribution in [1.82, 2.24) is 4.98 Å². The molecule has 0 atom stereocenters. The first-order chi connectivity index (χ1) is 10.9. The minimum Gasteiger partial charge on any atom is -0.490 e. The Morgan fingerprint density at radius 3 is 2.70 bits per heavy atom. The maximum absolute atomic E-state index is 13.2. The maximum atomic E-state index is 13.2. The third-order valence-electron chi connectivity index (χ3n) is 3.35. The summed E-state index contributed by atoms with van der Waals surface area (Å²) in [5.41, 5.74) is -0.937. The van der Waals surface area contributed by atoms with E-state index in [0.717, 1.165) is 35.5 Å². The molecule has 0 unspecified atom stereocenters. The van der Waals surface area contributed by atoms with Crippen molar-refractivity contribution in [1.29, 1.82) is 0 Å². The van der Waals surface area contributed by atoms with Gasteiger partial charge in [-0.25, -0.2) is 4.39 Å². The normalized spacial score (nSPS) is 14.2. The van der Waals surface area contributed by atoms with E-state index in [4.69, 9.17) is 4.74 Å². The van der Waals surface area contributed by atoms with Crippen LogP contribution in [0.2, 0.25) is 0 Å². The molecule has 4 nitrogen and oxygen atoms in total. The fraction of sp³-hybridized carbons (Fsp3) is 0.200. The van der Waals surface area contributed by atoms with Crippen molar-refractivity contribution in [3.8, 4) is 5.75 Å². The van der Waals surface area contributed by atoms with Crippen molar-refractivity contribution in [2.75, 3.05) is 18.1 Å². The summed E-state index contributed by atoms with van der Waals surface area (Å²) in [5.74, 6) is -1.17. The Bertz CT molecular complexity index is 761. The maximum Gasteiger partial charge on any atom is 0.416 e. The molecule has 0 fully saturated rings. The Balaban J connectivity index is 2.02. The summed E-state index contributed by atoms with van der Waals surface area (Å²) in [6, 6.07) is 3.88. The second-order valence-corrected chi connectivity index (χ2v) is 4.88. The fourth-order valence-corrected chi connectivity index (χ4v) is 2.29. The second-order valence-electron chi connectivity index (χ2n) is 4.88. The molecule has 1 amide bonds. The Hall–Kier alpha value is -2.64. The van der Waals surface area contributed by atoms with E-state index < -0.39 is 23.5 Å². The lowest BCUT2D eigenvalue weighted by Gasteiger charge is -2.30. The van der Waals surface area contributed by atoms with Gasteiger partial charge in [-0.1, -0.05) is 0 Å². The molecular weight excluding hydrogens is 316 g/mol. The number of carbonyl (C=O) groups excluding carboxylic acids is 1. The number of pyridine rings is 1. The number of hydrogen-bond acceptors (Lipinski definition) is 3. The Morgan fingerprint density at radius 2 is 2.00 bits per heavy atom. The van der Waals surface area contributed by atoms with E-state index >= 15 is 0 Å². The van der Waals surface area contributed by atoms with Crippen molar-refractivity contribution >= 4 is 11.6 Å². The minimum absolute atomic E-state index is 0.000311. The zero-order valence-electron chi connectivity index (χ0n) is 11.6. The highest BCUT2D eigenvalue weighted by molar-refractivity contribution is 6.07. The molecule has 23 heavy (non-hydrogen) atoms. The van der Waals surface area contributed by atoms with Crippen LogP contribution in [-0.2, 0) is 6.18 Å². The lowest BCUT2D eigenvalue weighted by atomic mass is 10.1. The van der Waals surface area contributed by atoms with Crippen LogP contribution >= 0.6 is 0 Å². The first-order valence-corrected chi connectivity index (χ1v) is 6.63. The smallest absolute Gasteiger partial charge is 0.416 e. The molecule has 0 saturated carbocycles. The lowest BCUT2D eigenvalue weighted by molar-refractivity contribution is -0.137. The summed E-state index contributed by atoms with van der Waals surface area (Å²) >= 11 is 0. The van der Waals surface area contributed by atoms with Crippen LogP contribution in [0.15, 0.2) is 36.7 Å². The number of hydrogen-bond donors (Lipinski definition) is 0. The third kappa shape index (κ3) is 2.96. The molecule has 3 rings (SSSR count). The van der Waals surface area contributed by atoms with E-state index in [-0.39, 0.29) is 30.2 Å². The molecule has 0 bridgehead atoms. The first-order valence-electron chi connectivity index (χ1n) is 6.63. The van der Waals surface area contributed by atoms with Gasteiger partial charge >= 0.3 is 6.18 Å². The first kappa shape index (κ1) is 15.3. The van der Waals surface area contributed by atoms with Crippen LogP contribution in [-0.4, -0.2) is 24.0 Å². The number of aromatic nitrogens is 1. The Labute approximate surface area is 128 Å². The van der Waals surface area contributed by atoms with Crippen molar-refractivity contribution in [2.45, 2.75) is 6.18 Å². The molecule has 8 heteroatoms. The zero-order chi connectivity index (χ0) is 16.6. The average molecular weight is 326 g/mol. The van der Waals surface area contributed by atoms with E-state index in [1.54, 1.807) is 0 Å². The SMILES string of the molecule is O=C(c1cncc(F)c1)N1CCOc2ccc(C(F)(F)F)cc21. The van der Waals surface area contributed by atoms with Crippen molar-refractivity contribution in [3.63, 3.8) is 0 Å². The molecule has 1 aliphatic rings. The van der Waals surface area contributed by atoms with Gasteiger partial charge in [0.1, 0.15) is 18.2 Å². The minimum atomic E-state index is -4.54. The van der Waals surface area contributed by atoms with Crippen molar-refractivity contribution in [3.05, 3.63) is 53.6 Å². The molecule has 0 spiro atoms. The summed E-state index contributed by atoms with van der Waals surface area (Å²) < 4.78 is 57.1. The van der Waals surface area contributed by atoms with Gasteiger partial charge in [0, 0.05) is 6.20 Å². The molecule has 1 aromatic heterocycles. The number of rotatable bonds is 1. The van der Waals surface area contributed by atoms with Gasteiger partial charge in [-0.2, -0.15) is 13.2 Å². The summed E-state index contributed by atoms with van der Waals surface area (Å²) in [6.07, 6.45) is -2.44. The highest BCUT2D eigenvalue weighted by atomic mass is 19.4. The molecule has 0 saturated heterocycles. The molecule has 120 valence electrons. The van der Waals surface area contributed by atoms with Gasteiger partial charge in [-0.05, 0) is 24.3 Å². The number of carbonyl (C=O) groups is 1. The van der Waals surface area contributed by atoms with Crippen LogP contribution in [0, 0.1) is 5.82 Å². The zero-order valence-corrected chi connectivity index (χ0v) is 11.6. The number of ether oxygens (including phenoxy) is 1. The average Bonchev–Trinajstić information content (AvgIpc) is 2.52. The summed E-state index contributed by atoms with van der Waals surface area (Å²) in [4.78, 5) is 17.2. The number of fused-ring (bicyclic) bond motifs is 1. The van der Waals surface area contributed by atoms with E-state index in [0.29, 0.717) is 0 Å². The van der Waals surface area contributed by atoms with Crippen LogP contribution in [0.25, 0.3) is 0 Å². The molecule has 2 aromatic rings. The van der Waals surface area contributed by atoms with Crippen LogP contribution in [0.3, 0.4) is 0 Å². The van der Waals surface area contributed by atoms with E-state index in [1.165, 1.54) is 6.07 Å². The summed E-state index contributed by atoms with van der Waals surface area (Å²) in [5, 5.41) is 0. The predicted molar refractivity (Wildman–Crippen MR) is 72.8 cm³/mol. The third-order valence-corrected chi connectivity index (χ3v) is 3.35. The van der Waals surface area contributed by atoms with Crippen molar-refractivity contribution < 1.29 is 27.1 Å². The van der Waals surface area contributed by atoms with Gasteiger partial charge in [-0.3, -0.25) is 9.78 Å². The molecule has 1 aromatic carbocycles. The lowest BCUT2D eigenvalue weighted by Crippen LogP contribution is -2.38. The van der Waals surface area contributed by atoms with Crippen molar-refractivity contribution in [2.24, 2.45) is 0 Å². The molecule has 0 aliphatic carbocycles. The molecular formula is C15H10F4N2O2. The number of alkyl halides is 3. The predicted octanol–water partition coefficient (Wildman–Crippen LogP) is 3.28. The van der Waals surface area contributed by atoms with Gasteiger partial charge < -0.3 is 9.64 Å². The summed E-state index contributed by atoms with van der Waals surface area (Å²) in [7, 11) is 0. The molecule has 1 aliphatic heterocycles. The Morgan fingerprint density at radius 1 is 1.22 bits per heavy atom. The number of halogens is 4. The number of benzene rings is 1. The highest BCUT2D eigenvalue weighted by Gasteiger charge is 2.34. The van der Waals surface area contributed by atoms with Crippen LogP contribution in [0.4, 0.5) is 23.2 Å². The standard InChI is InChI=1S/C15H10F4N2O2/c16-11-5-9(7-20-8-11)14(22)21-3-4-23-13-2-1-10(6-12(13)21)15(17,18)19/h1-2,5-8H,3-4H2. The topological polar surface area (TPSA) is 42.4 Å². The van der Waals surface area contributed by atoms with Gasteiger partial charge in [0.05, 0.1) is 29.6 Å². The number of amides is 1. The van der Waals surface area contributed by atoms with Gasteiger partial charge in [0.25, 0.3) is 5.91 Å². The van der Waals surface area contributed by atoms with Gasteiger partial charge in [0.15, 0.2) is 0 Å². The van der Waals surface area contributed by atoms with E-state index in [1.807, 2.05) is 0 Å². The van der Waals surface area contributed by atoms with Gasteiger partial charge in [-0.15, -0.1) is 0 Å². The summed E-state index contributed by atoms with van der Waals surface area (Å²) in [6.45, 7) is 0.191. The number of anilines is 1.